The fourth-order valence-electron chi connectivity index (χ4n) is 6.41. The Balaban J connectivity index is 1.75. The Bertz CT molecular complexity index is 1250. The second-order valence-corrected chi connectivity index (χ2v) is 13.5. The van der Waals surface area contributed by atoms with E-state index in [1.54, 1.807) is 0 Å². The Morgan fingerprint density at radius 3 is 1.76 bits per heavy atom. The number of benzene rings is 1. The van der Waals surface area contributed by atoms with Crippen LogP contribution in [0.5, 0.6) is 5.75 Å². The van der Waals surface area contributed by atoms with Gasteiger partial charge in [-0.25, -0.2) is 0 Å². The minimum Gasteiger partial charge on any atom is -0.493 e. The Morgan fingerprint density at radius 2 is 1.12 bits per heavy atom. The molecule has 1 aromatic rings. The zero-order valence-corrected chi connectivity index (χ0v) is 31.1. The minimum absolute atomic E-state index is 0.293. The molecular formula is C43H64O6. The minimum atomic E-state index is -0.399. The number of hydrogen-bond acceptors (Lipinski definition) is 6. The van der Waals surface area contributed by atoms with Crippen LogP contribution in [0, 0.1) is 0 Å². The summed E-state index contributed by atoms with van der Waals surface area (Å²) in [5.74, 6) is 0.856. The van der Waals surface area contributed by atoms with E-state index in [1.165, 1.54) is 22.3 Å². The van der Waals surface area contributed by atoms with Crippen LogP contribution in [0.2, 0.25) is 0 Å². The molecule has 0 radical (unpaired) electrons. The van der Waals surface area contributed by atoms with Gasteiger partial charge in [-0.1, -0.05) is 115 Å². The number of ether oxygens (including phenoxy) is 6. The first kappa shape index (κ1) is 39.3. The molecule has 0 aromatic heterocycles. The second kappa shape index (κ2) is 22.4. The highest BCUT2D eigenvalue weighted by atomic mass is 16.6. The van der Waals surface area contributed by atoms with E-state index in [2.05, 4.69) is 95.3 Å². The van der Waals surface area contributed by atoms with Crippen molar-refractivity contribution in [3.8, 4) is 16.9 Å². The molecule has 0 spiro atoms. The largest absolute Gasteiger partial charge is 0.493 e. The van der Waals surface area contributed by atoms with Crippen molar-refractivity contribution in [2.75, 3.05) is 39.6 Å². The normalized spacial score (nSPS) is 21.0. The molecule has 6 nitrogen and oxygen atoms in total. The number of fused-ring (bicyclic) bond motifs is 1. The summed E-state index contributed by atoms with van der Waals surface area (Å²) in [5.41, 5.74) is 6.04. The summed E-state index contributed by atoms with van der Waals surface area (Å²) in [4.78, 5) is 0. The van der Waals surface area contributed by atoms with Gasteiger partial charge in [0.2, 0.25) is 0 Å². The van der Waals surface area contributed by atoms with Crippen LogP contribution in [0.1, 0.15) is 122 Å². The first-order chi connectivity index (χ1) is 24.1. The zero-order valence-electron chi connectivity index (χ0n) is 31.1. The van der Waals surface area contributed by atoms with Crippen LogP contribution >= 0.6 is 0 Å². The fraction of sp³-hybridized carbons (Fsp3) is 0.628. The average Bonchev–Trinajstić information content (AvgIpc) is 3.35. The molecule has 1 saturated heterocycles. The van der Waals surface area contributed by atoms with Gasteiger partial charge in [-0.05, 0) is 72.9 Å². The topological polar surface area (TPSA) is 55.4 Å². The van der Waals surface area contributed by atoms with E-state index in [1.807, 2.05) is 0 Å². The van der Waals surface area contributed by atoms with Gasteiger partial charge in [-0.3, -0.25) is 0 Å². The molecule has 1 fully saturated rings. The fourth-order valence-corrected chi connectivity index (χ4v) is 6.41. The lowest BCUT2D eigenvalue weighted by Gasteiger charge is -2.46. The van der Waals surface area contributed by atoms with Gasteiger partial charge in [0.05, 0.1) is 13.2 Å². The highest BCUT2D eigenvalue weighted by Crippen LogP contribution is 2.42. The van der Waals surface area contributed by atoms with Gasteiger partial charge in [0.1, 0.15) is 36.3 Å². The van der Waals surface area contributed by atoms with Gasteiger partial charge in [0, 0.05) is 32.0 Å². The number of unbranched alkanes of at least 4 members (excludes halogenated alkanes) is 5. The van der Waals surface area contributed by atoms with Crippen molar-refractivity contribution in [1.29, 1.82) is 0 Å². The molecule has 49 heavy (non-hydrogen) atoms. The molecule has 6 heteroatoms. The summed E-state index contributed by atoms with van der Waals surface area (Å²) < 4.78 is 40.2. The zero-order chi connectivity index (χ0) is 34.7. The Hall–Kier alpha value is -2.48. The van der Waals surface area contributed by atoms with E-state index in [9.17, 15) is 0 Å². The third-order valence-corrected chi connectivity index (χ3v) is 9.32. The van der Waals surface area contributed by atoms with Crippen LogP contribution in [0.15, 0.2) is 60.7 Å². The summed E-state index contributed by atoms with van der Waals surface area (Å²) in [6.07, 6.45) is 9.45. The highest BCUT2D eigenvalue weighted by Gasteiger charge is 2.49. The third-order valence-electron chi connectivity index (χ3n) is 9.32. The van der Waals surface area contributed by atoms with Crippen molar-refractivity contribution in [2.24, 2.45) is 0 Å². The lowest BCUT2D eigenvalue weighted by atomic mass is 9.88. The predicted octanol–water partition coefficient (Wildman–Crippen LogP) is 10.4. The third kappa shape index (κ3) is 12.1. The molecule has 272 valence electrons. The average molecular weight is 677 g/mol. The summed E-state index contributed by atoms with van der Waals surface area (Å²) in [7, 11) is 0. The van der Waals surface area contributed by atoms with E-state index in [-0.39, 0.29) is 24.4 Å². The molecule has 2 aliphatic carbocycles. The summed E-state index contributed by atoms with van der Waals surface area (Å²) in [6.45, 7) is 14.7. The molecule has 0 unspecified atom stereocenters. The smallest absolute Gasteiger partial charge is 0.125 e. The standard InChI is InChI=1S/C43H64O6/c1-6-11-23-44-32-39-41(46-25-13-8-3)43(48-27-15-10-5)42(47-26-14-9-4)40(49-39)37-31-33(21-22-38(37)45-24-12-7-2)28-34-29-35-19-17-16-18-20-36(35)30-34/h16-22,29-31,39-43H,6-15,23-28,32H2,1-5H3/t39-,40+,41-,42+,43+/m1/s1. The lowest BCUT2D eigenvalue weighted by molar-refractivity contribution is -0.268. The first-order valence-electron chi connectivity index (χ1n) is 19.4. The molecule has 0 bridgehead atoms. The van der Waals surface area contributed by atoms with Gasteiger partial charge in [-0.15, -0.1) is 0 Å². The van der Waals surface area contributed by atoms with Crippen LogP contribution in [0.3, 0.4) is 0 Å². The molecule has 0 saturated carbocycles. The van der Waals surface area contributed by atoms with Crippen molar-refractivity contribution in [1.82, 2.24) is 0 Å². The number of hydrogen-bond donors (Lipinski definition) is 0. The summed E-state index contributed by atoms with van der Waals surface area (Å²) >= 11 is 0. The van der Waals surface area contributed by atoms with Crippen LogP contribution in [0.4, 0.5) is 0 Å². The van der Waals surface area contributed by atoms with E-state index < -0.39 is 6.10 Å². The maximum Gasteiger partial charge on any atom is 0.125 e. The van der Waals surface area contributed by atoms with Crippen LogP contribution in [-0.4, -0.2) is 64.1 Å². The lowest BCUT2D eigenvalue weighted by Crippen LogP contribution is -2.58. The SMILES string of the molecule is CCCCOC[C@H]1O[C@@H](c2cc(Cc3cc4cccccc-4c3)ccc2OCCCC)[C@H](OCCCC)[C@@H](OCCCC)[C@@H]1OCCCC. The highest BCUT2D eigenvalue weighted by molar-refractivity contribution is 5.68. The maximum absolute atomic E-state index is 7.15. The van der Waals surface area contributed by atoms with Gasteiger partial charge in [0.25, 0.3) is 0 Å². The Morgan fingerprint density at radius 1 is 0.551 bits per heavy atom. The van der Waals surface area contributed by atoms with Crippen LogP contribution < -0.4 is 4.74 Å². The van der Waals surface area contributed by atoms with Gasteiger partial charge in [-0.2, -0.15) is 0 Å². The van der Waals surface area contributed by atoms with Crippen molar-refractivity contribution in [3.05, 3.63) is 77.4 Å². The maximum atomic E-state index is 7.15. The van der Waals surface area contributed by atoms with Gasteiger partial charge in [0.15, 0.2) is 0 Å². The Labute approximate surface area is 297 Å². The van der Waals surface area contributed by atoms with Gasteiger partial charge >= 0.3 is 0 Å². The van der Waals surface area contributed by atoms with E-state index in [0.29, 0.717) is 39.6 Å². The van der Waals surface area contributed by atoms with Crippen molar-refractivity contribution >= 4 is 0 Å². The molecule has 1 aliphatic heterocycles. The summed E-state index contributed by atoms with van der Waals surface area (Å²) in [5, 5.41) is 0. The van der Waals surface area contributed by atoms with Crippen molar-refractivity contribution in [2.45, 2.75) is 136 Å². The second-order valence-electron chi connectivity index (χ2n) is 13.5. The monoisotopic (exact) mass is 676 g/mol. The van der Waals surface area contributed by atoms with Crippen molar-refractivity contribution in [3.63, 3.8) is 0 Å². The molecule has 0 N–H and O–H groups in total. The van der Waals surface area contributed by atoms with E-state index in [0.717, 1.165) is 81.9 Å². The predicted molar refractivity (Wildman–Crippen MR) is 200 cm³/mol. The molecule has 1 aromatic carbocycles. The first-order valence-corrected chi connectivity index (χ1v) is 19.4. The molecule has 0 amide bonds. The van der Waals surface area contributed by atoms with Crippen molar-refractivity contribution < 1.29 is 28.4 Å². The quantitative estimate of drug-likeness (QED) is 0.0881. The van der Waals surface area contributed by atoms with E-state index in [4.69, 9.17) is 28.4 Å². The molecule has 4 rings (SSSR count). The molecular weight excluding hydrogens is 612 g/mol. The van der Waals surface area contributed by atoms with Crippen LogP contribution in [0.25, 0.3) is 11.1 Å². The molecule has 1 heterocycles. The van der Waals surface area contributed by atoms with Crippen LogP contribution in [-0.2, 0) is 30.1 Å². The molecule has 3 aliphatic rings. The van der Waals surface area contributed by atoms with E-state index >= 15 is 0 Å². The summed E-state index contributed by atoms with van der Waals surface area (Å²) in [6, 6.07) is 21.9. The Kier molecular flexibility index (Phi) is 17.9. The van der Waals surface area contributed by atoms with Gasteiger partial charge < -0.3 is 28.4 Å². The number of rotatable bonds is 24. The molecule has 5 atom stereocenters.